The van der Waals surface area contributed by atoms with E-state index in [9.17, 15) is 10.1 Å². The van der Waals surface area contributed by atoms with Gasteiger partial charge in [-0.05, 0) is 31.1 Å². The third-order valence-corrected chi connectivity index (χ3v) is 4.20. The van der Waals surface area contributed by atoms with E-state index in [-0.39, 0.29) is 24.0 Å². The largest absolute Gasteiger partial charge is 0.368 e. The van der Waals surface area contributed by atoms with Gasteiger partial charge < -0.3 is 10.1 Å². The van der Waals surface area contributed by atoms with Crippen LogP contribution in [0.3, 0.4) is 0 Å². The molecule has 3 atom stereocenters. The summed E-state index contributed by atoms with van der Waals surface area (Å²) >= 11 is 0. The van der Waals surface area contributed by atoms with Crippen molar-refractivity contribution in [2.24, 2.45) is 11.8 Å². The van der Waals surface area contributed by atoms with Gasteiger partial charge in [-0.2, -0.15) is 5.26 Å². The lowest BCUT2D eigenvalue weighted by Crippen LogP contribution is -2.46. The second kappa shape index (κ2) is 6.19. The highest BCUT2D eigenvalue weighted by Crippen LogP contribution is 2.27. The average molecular weight is 250 g/mol. The van der Waals surface area contributed by atoms with Crippen LogP contribution in [0.1, 0.15) is 45.4 Å². The lowest BCUT2D eigenvalue weighted by atomic mass is 9.84. The highest BCUT2D eigenvalue weighted by atomic mass is 16.5. The molecule has 18 heavy (non-hydrogen) atoms. The molecular weight excluding hydrogens is 228 g/mol. The average Bonchev–Trinajstić information content (AvgIpc) is 2.83. The number of rotatable bonds is 3. The van der Waals surface area contributed by atoms with Crippen LogP contribution in [-0.2, 0) is 9.53 Å². The summed E-state index contributed by atoms with van der Waals surface area (Å²) in [5.74, 6) is 0.484. The zero-order chi connectivity index (χ0) is 13.0. The first-order chi connectivity index (χ1) is 8.72. The first-order valence-electron chi connectivity index (χ1n) is 7.04. The molecule has 0 aromatic rings. The molecule has 2 fully saturated rings. The Kier molecular flexibility index (Phi) is 4.60. The summed E-state index contributed by atoms with van der Waals surface area (Å²) in [6.07, 6.45) is 6.29. The first kappa shape index (κ1) is 13.4. The number of hydrogen-bond acceptors (Lipinski definition) is 3. The van der Waals surface area contributed by atoms with Crippen LogP contribution in [0.5, 0.6) is 0 Å². The molecule has 2 rings (SSSR count). The second-order valence-corrected chi connectivity index (χ2v) is 5.57. The third kappa shape index (κ3) is 3.02. The molecule has 1 saturated heterocycles. The zero-order valence-corrected chi connectivity index (χ0v) is 11.0. The summed E-state index contributed by atoms with van der Waals surface area (Å²) in [6.45, 7) is 2.68. The molecule has 1 N–H and O–H groups in total. The van der Waals surface area contributed by atoms with Crippen molar-refractivity contribution in [1.29, 1.82) is 5.26 Å². The lowest BCUT2D eigenvalue weighted by molar-refractivity contribution is -0.132. The molecule has 4 heteroatoms. The van der Waals surface area contributed by atoms with E-state index in [0.29, 0.717) is 12.5 Å². The number of nitriles is 1. The van der Waals surface area contributed by atoms with Crippen LogP contribution in [0.25, 0.3) is 0 Å². The van der Waals surface area contributed by atoms with Gasteiger partial charge in [0.15, 0.2) is 0 Å². The fourth-order valence-corrected chi connectivity index (χ4v) is 2.99. The number of hydrogen-bond donors (Lipinski definition) is 1. The Labute approximate surface area is 109 Å². The molecular formula is C14H22N2O2. The fraction of sp³-hybridized carbons (Fsp3) is 0.857. The number of amides is 1. The number of nitrogens with one attached hydrogen (secondary N) is 1. The molecule has 0 bridgehead atoms. The topological polar surface area (TPSA) is 62.1 Å². The van der Waals surface area contributed by atoms with Crippen molar-refractivity contribution in [3.8, 4) is 6.07 Å². The minimum Gasteiger partial charge on any atom is -0.368 e. The molecule has 0 spiro atoms. The van der Waals surface area contributed by atoms with Crippen LogP contribution in [0, 0.1) is 23.2 Å². The summed E-state index contributed by atoms with van der Waals surface area (Å²) < 4.78 is 5.44. The van der Waals surface area contributed by atoms with E-state index >= 15 is 0 Å². The quantitative estimate of drug-likeness (QED) is 0.833. The van der Waals surface area contributed by atoms with Gasteiger partial charge in [0.1, 0.15) is 12.1 Å². The minimum absolute atomic E-state index is 0.0999. The van der Waals surface area contributed by atoms with Crippen LogP contribution >= 0.6 is 0 Å². The van der Waals surface area contributed by atoms with Crippen LogP contribution in [0.4, 0.5) is 0 Å². The molecule has 0 aromatic carbocycles. The minimum atomic E-state index is -0.357. The van der Waals surface area contributed by atoms with Crippen LogP contribution < -0.4 is 5.32 Å². The molecule has 0 aromatic heterocycles. The highest BCUT2D eigenvalue weighted by molar-refractivity contribution is 5.82. The number of carbonyl (C=O) groups is 1. The molecule has 3 unspecified atom stereocenters. The fourth-order valence-electron chi connectivity index (χ4n) is 2.99. The van der Waals surface area contributed by atoms with Gasteiger partial charge in [0, 0.05) is 6.61 Å². The van der Waals surface area contributed by atoms with Crippen LogP contribution in [0.2, 0.25) is 0 Å². The predicted octanol–water partition coefficient (Wildman–Crippen LogP) is 2.00. The number of ether oxygens (including phenoxy) is 1. The van der Waals surface area contributed by atoms with Gasteiger partial charge in [-0.25, -0.2) is 0 Å². The zero-order valence-electron chi connectivity index (χ0n) is 11.0. The summed E-state index contributed by atoms with van der Waals surface area (Å²) in [7, 11) is 0. The molecule has 100 valence electrons. The van der Waals surface area contributed by atoms with Crippen molar-refractivity contribution in [3.05, 3.63) is 0 Å². The Morgan fingerprint density at radius 3 is 2.61 bits per heavy atom. The van der Waals surface area contributed by atoms with Crippen molar-refractivity contribution < 1.29 is 9.53 Å². The molecule has 1 amide bonds. The SMILES string of the molecule is CC1CCOC1C(=O)NC(C#N)C1CCCCC1. The van der Waals surface area contributed by atoms with E-state index in [2.05, 4.69) is 11.4 Å². The van der Waals surface area contributed by atoms with E-state index in [1.54, 1.807) is 0 Å². The summed E-state index contributed by atoms with van der Waals surface area (Å²) in [4.78, 5) is 12.1. The Morgan fingerprint density at radius 2 is 2.06 bits per heavy atom. The van der Waals surface area contributed by atoms with Gasteiger partial charge in [0.05, 0.1) is 6.07 Å². The Bertz CT molecular complexity index is 331. The van der Waals surface area contributed by atoms with Gasteiger partial charge in [0.2, 0.25) is 5.91 Å². The van der Waals surface area contributed by atoms with Gasteiger partial charge in [0.25, 0.3) is 0 Å². The van der Waals surface area contributed by atoms with Gasteiger partial charge >= 0.3 is 0 Å². The van der Waals surface area contributed by atoms with Crippen molar-refractivity contribution in [3.63, 3.8) is 0 Å². The Hall–Kier alpha value is -1.08. The molecule has 1 aliphatic carbocycles. The predicted molar refractivity (Wildman–Crippen MR) is 67.6 cm³/mol. The molecule has 2 aliphatic rings. The van der Waals surface area contributed by atoms with Gasteiger partial charge in [-0.3, -0.25) is 4.79 Å². The van der Waals surface area contributed by atoms with Crippen molar-refractivity contribution >= 4 is 5.91 Å². The van der Waals surface area contributed by atoms with Gasteiger partial charge in [-0.1, -0.05) is 26.2 Å². The monoisotopic (exact) mass is 250 g/mol. The maximum Gasteiger partial charge on any atom is 0.250 e. The Morgan fingerprint density at radius 1 is 1.33 bits per heavy atom. The molecule has 4 nitrogen and oxygen atoms in total. The highest BCUT2D eigenvalue weighted by Gasteiger charge is 2.33. The van der Waals surface area contributed by atoms with E-state index in [4.69, 9.17) is 4.74 Å². The standard InChI is InChI=1S/C14H22N2O2/c1-10-7-8-18-13(10)14(17)16-12(9-15)11-5-3-2-4-6-11/h10-13H,2-8H2,1H3,(H,16,17). The molecule has 1 heterocycles. The van der Waals surface area contributed by atoms with E-state index in [0.717, 1.165) is 19.3 Å². The van der Waals surface area contributed by atoms with Gasteiger partial charge in [-0.15, -0.1) is 0 Å². The van der Waals surface area contributed by atoms with Crippen LogP contribution in [0.15, 0.2) is 0 Å². The van der Waals surface area contributed by atoms with E-state index < -0.39 is 0 Å². The Balaban J connectivity index is 1.89. The number of carbonyl (C=O) groups excluding carboxylic acids is 1. The smallest absolute Gasteiger partial charge is 0.250 e. The molecule has 1 saturated carbocycles. The first-order valence-corrected chi connectivity index (χ1v) is 7.04. The van der Waals surface area contributed by atoms with E-state index in [1.165, 1.54) is 19.3 Å². The third-order valence-electron chi connectivity index (χ3n) is 4.20. The maximum atomic E-state index is 12.1. The van der Waals surface area contributed by atoms with Crippen molar-refractivity contribution in [2.75, 3.05) is 6.61 Å². The summed E-state index contributed by atoms with van der Waals surface area (Å²) in [6, 6.07) is 1.91. The summed E-state index contributed by atoms with van der Waals surface area (Å²) in [5, 5.41) is 12.1. The molecule has 0 radical (unpaired) electrons. The number of nitrogens with zero attached hydrogens (tertiary/aromatic N) is 1. The normalized spacial score (nSPS) is 30.7. The summed E-state index contributed by atoms with van der Waals surface area (Å²) in [5.41, 5.74) is 0. The maximum absolute atomic E-state index is 12.1. The van der Waals surface area contributed by atoms with Crippen molar-refractivity contribution in [1.82, 2.24) is 5.32 Å². The molecule has 1 aliphatic heterocycles. The van der Waals surface area contributed by atoms with Crippen LogP contribution in [-0.4, -0.2) is 24.7 Å². The second-order valence-electron chi connectivity index (χ2n) is 5.57. The lowest BCUT2D eigenvalue weighted by Gasteiger charge is -2.27. The van der Waals surface area contributed by atoms with E-state index in [1.807, 2.05) is 6.92 Å². The van der Waals surface area contributed by atoms with Crippen molar-refractivity contribution in [2.45, 2.75) is 57.6 Å².